The number of carbonyl (C=O) groups is 1. The summed E-state index contributed by atoms with van der Waals surface area (Å²) in [4.78, 5) is 11.5. The SMILES string of the molecule is C=C1C(C)=CC(=O)c2ccccc21.CC. The summed E-state index contributed by atoms with van der Waals surface area (Å²) in [6.07, 6.45) is 1.64. The molecular weight excluding hydrogens is 184 g/mol. The van der Waals surface area contributed by atoms with Gasteiger partial charge in [-0.25, -0.2) is 0 Å². The van der Waals surface area contributed by atoms with Gasteiger partial charge >= 0.3 is 0 Å². The Morgan fingerprint density at radius 3 is 2.20 bits per heavy atom. The number of hydrogen-bond acceptors (Lipinski definition) is 1. The normalized spacial score (nSPS) is 13.7. The van der Waals surface area contributed by atoms with Crippen molar-refractivity contribution in [2.75, 3.05) is 0 Å². The van der Waals surface area contributed by atoms with Crippen molar-refractivity contribution in [1.29, 1.82) is 0 Å². The van der Waals surface area contributed by atoms with E-state index in [0.717, 1.165) is 22.3 Å². The van der Waals surface area contributed by atoms with Crippen molar-refractivity contribution >= 4 is 11.4 Å². The molecule has 78 valence electrons. The fraction of sp³-hybridized carbons (Fsp3) is 0.214. The van der Waals surface area contributed by atoms with Gasteiger partial charge in [-0.1, -0.05) is 44.7 Å². The van der Waals surface area contributed by atoms with Crippen LogP contribution >= 0.6 is 0 Å². The van der Waals surface area contributed by atoms with Crippen LogP contribution in [0.15, 0.2) is 42.5 Å². The molecule has 0 saturated carbocycles. The van der Waals surface area contributed by atoms with Crippen molar-refractivity contribution < 1.29 is 4.79 Å². The van der Waals surface area contributed by atoms with Gasteiger partial charge in [-0.3, -0.25) is 4.79 Å². The van der Waals surface area contributed by atoms with Gasteiger partial charge in [-0.15, -0.1) is 0 Å². The molecule has 0 amide bonds. The highest BCUT2D eigenvalue weighted by atomic mass is 16.1. The van der Waals surface area contributed by atoms with Crippen molar-refractivity contribution in [3.63, 3.8) is 0 Å². The summed E-state index contributed by atoms with van der Waals surface area (Å²) in [7, 11) is 0. The molecule has 2 rings (SSSR count). The fourth-order valence-corrected chi connectivity index (χ4v) is 1.54. The smallest absolute Gasteiger partial charge is 0.186 e. The standard InChI is InChI=1S/C12H10O.C2H6/c1-8-7-12(13)11-6-4-3-5-10(11)9(8)2;1-2/h3-7H,2H2,1H3;1-2H3. The molecule has 0 radical (unpaired) electrons. The van der Waals surface area contributed by atoms with Crippen LogP contribution in [-0.2, 0) is 0 Å². The number of hydrogen-bond donors (Lipinski definition) is 0. The van der Waals surface area contributed by atoms with Gasteiger partial charge < -0.3 is 0 Å². The Balaban J connectivity index is 0.000000531. The van der Waals surface area contributed by atoms with Crippen LogP contribution in [0.25, 0.3) is 5.57 Å². The number of fused-ring (bicyclic) bond motifs is 1. The Hall–Kier alpha value is -1.63. The highest BCUT2D eigenvalue weighted by Gasteiger charge is 2.17. The molecule has 1 nitrogen and oxygen atoms in total. The van der Waals surface area contributed by atoms with E-state index in [0.29, 0.717) is 0 Å². The number of ketones is 1. The van der Waals surface area contributed by atoms with E-state index in [-0.39, 0.29) is 5.78 Å². The van der Waals surface area contributed by atoms with E-state index in [4.69, 9.17) is 0 Å². The first-order valence-corrected chi connectivity index (χ1v) is 5.21. The van der Waals surface area contributed by atoms with E-state index in [2.05, 4.69) is 6.58 Å². The maximum Gasteiger partial charge on any atom is 0.186 e. The molecule has 0 aliphatic heterocycles. The van der Waals surface area contributed by atoms with Crippen LogP contribution < -0.4 is 0 Å². The summed E-state index contributed by atoms with van der Waals surface area (Å²) < 4.78 is 0. The van der Waals surface area contributed by atoms with Crippen molar-refractivity contribution in [3.05, 3.63) is 53.6 Å². The zero-order valence-electron chi connectivity index (χ0n) is 9.50. The fourth-order valence-electron chi connectivity index (χ4n) is 1.54. The predicted molar refractivity (Wildman–Crippen MR) is 64.9 cm³/mol. The summed E-state index contributed by atoms with van der Waals surface area (Å²) in [6, 6.07) is 7.58. The average molecular weight is 200 g/mol. The molecule has 15 heavy (non-hydrogen) atoms. The van der Waals surface area contributed by atoms with Crippen molar-refractivity contribution in [2.24, 2.45) is 0 Å². The molecule has 0 bridgehead atoms. The summed E-state index contributed by atoms with van der Waals surface area (Å²) in [5, 5.41) is 0. The molecule has 1 aliphatic rings. The van der Waals surface area contributed by atoms with Crippen LogP contribution in [0.1, 0.15) is 36.7 Å². The van der Waals surface area contributed by atoms with Gasteiger partial charge in [-0.05, 0) is 29.7 Å². The van der Waals surface area contributed by atoms with E-state index in [1.54, 1.807) is 6.08 Å². The minimum Gasteiger partial charge on any atom is -0.289 e. The summed E-state index contributed by atoms with van der Waals surface area (Å²) in [5.41, 5.74) is 3.64. The monoisotopic (exact) mass is 200 g/mol. The summed E-state index contributed by atoms with van der Waals surface area (Å²) in [6.45, 7) is 9.86. The van der Waals surface area contributed by atoms with Gasteiger partial charge in [0.1, 0.15) is 0 Å². The van der Waals surface area contributed by atoms with Crippen LogP contribution in [0.3, 0.4) is 0 Å². The zero-order chi connectivity index (χ0) is 11.4. The molecule has 0 spiro atoms. The third-order valence-corrected chi connectivity index (χ3v) is 2.34. The van der Waals surface area contributed by atoms with E-state index in [1.165, 1.54) is 0 Å². The predicted octanol–water partition coefficient (Wildman–Crippen LogP) is 3.87. The topological polar surface area (TPSA) is 17.1 Å². The first-order valence-electron chi connectivity index (χ1n) is 5.21. The van der Waals surface area contributed by atoms with Gasteiger partial charge in [0, 0.05) is 5.56 Å². The first kappa shape index (κ1) is 11.4. The Labute approximate surface area is 91.1 Å². The Morgan fingerprint density at radius 2 is 1.60 bits per heavy atom. The van der Waals surface area contributed by atoms with Crippen LogP contribution in [-0.4, -0.2) is 5.78 Å². The molecule has 1 aromatic carbocycles. The molecule has 0 heterocycles. The largest absolute Gasteiger partial charge is 0.289 e. The average Bonchev–Trinajstić information content (AvgIpc) is 2.29. The van der Waals surface area contributed by atoms with Crippen LogP contribution in [0.5, 0.6) is 0 Å². The second-order valence-electron chi connectivity index (χ2n) is 3.22. The second-order valence-corrected chi connectivity index (χ2v) is 3.22. The molecule has 0 fully saturated rings. The minimum atomic E-state index is 0.0838. The molecule has 0 N–H and O–H groups in total. The zero-order valence-corrected chi connectivity index (χ0v) is 9.50. The molecule has 1 aromatic rings. The lowest BCUT2D eigenvalue weighted by Gasteiger charge is -2.15. The van der Waals surface area contributed by atoms with E-state index >= 15 is 0 Å². The van der Waals surface area contributed by atoms with Gasteiger partial charge in [0.05, 0.1) is 0 Å². The lowest BCUT2D eigenvalue weighted by molar-refractivity contribution is 0.104. The van der Waals surface area contributed by atoms with Gasteiger partial charge in [-0.2, -0.15) is 0 Å². The van der Waals surface area contributed by atoms with E-state index in [1.807, 2.05) is 45.0 Å². The Morgan fingerprint density at radius 1 is 1.07 bits per heavy atom. The maximum atomic E-state index is 11.5. The van der Waals surface area contributed by atoms with Gasteiger partial charge in [0.15, 0.2) is 5.78 Å². The molecule has 1 heteroatoms. The van der Waals surface area contributed by atoms with Crippen LogP contribution in [0.4, 0.5) is 0 Å². The van der Waals surface area contributed by atoms with Crippen LogP contribution in [0, 0.1) is 0 Å². The lowest BCUT2D eigenvalue weighted by Crippen LogP contribution is -2.06. The molecule has 1 aliphatic carbocycles. The highest BCUT2D eigenvalue weighted by Crippen LogP contribution is 2.29. The number of benzene rings is 1. The van der Waals surface area contributed by atoms with Crippen LogP contribution in [0.2, 0.25) is 0 Å². The second kappa shape index (κ2) is 4.74. The molecule has 0 aromatic heterocycles. The lowest BCUT2D eigenvalue weighted by atomic mass is 9.88. The molecular formula is C14H16O. The molecule has 0 unspecified atom stereocenters. The van der Waals surface area contributed by atoms with Gasteiger partial charge in [0.2, 0.25) is 0 Å². The summed E-state index contributed by atoms with van der Waals surface area (Å²) >= 11 is 0. The van der Waals surface area contributed by atoms with Gasteiger partial charge in [0.25, 0.3) is 0 Å². The molecule has 0 atom stereocenters. The quantitative estimate of drug-likeness (QED) is 0.621. The Kier molecular flexibility index (Phi) is 3.62. The summed E-state index contributed by atoms with van der Waals surface area (Å²) in [5.74, 6) is 0.0838. The third kappa shape index (κ3) is 2.07. The number of rotatable bonds is 0. The Bertz CT molecular complexity index is 425. The van der Waals surface area contributed by atoms with Crippen molar-refractivity contribution in [1.82, 2.24) is 0 Å². The third-order valence-electron chi connectivity index (χ3n) is 2.34. The number of allylic oxidation sites excluding steroid dienone is 3. The van der Waals surface area contributed by atoms with Crippen molar-refractivity contribution in [3.8, 4) is 0 Å². The molecule has 0 saturated heterocycles. The number of carbonyl (C=O) groups excluding carboxylic acids is 1. The van der Waals surface area contributed by atoms with E-state index < -0.39 is 0 Å². The van der Waals surface area contributed by atoms with Crippen molar-refractivity contribution in [2.45, 2.75) is 20.8 Å². The maximum absolute atomic E-state index is 11.5. The minimum absolute atomic E-state index is 0.0838. The highest BCUT2D eigenvalue weighted by molar-refractivity contribution is 6.13. The van der Waals surface area contributed by atoms with E-state index in [9.17, 15) is 4.79 Å². The first-order chi connectivity index (χ1) is 7.20.